The SMILES string of the molecule is CCNC(=NCC(C)(O)c1ccsc1)NCCCOCC1CCCO1.I. The highest BCUT2D eigenvalue weighted by Crippen LogP contribution is 2.23. The van der Waals surface area contributed by atoms with E-state index in [-0.39, 0.29) is 30.1 Å². The Hall–Kier alpha value is -0.420. The zero-order valence-corrected chi connectivity index (χ0v) is 18.8. The number of ether oxygens (including phenoxy) is 2. The van der Waals surface area contributed by atoms with Crippen molar-refractivity contribution in [1.29, 1.82) is 0 Å². The van der Waals surface area contributed by atoms with Crippen LogP contribution in [0.25, 0.3) is 0 Å². The van der Waals surface area contributed by atoms with E-state index in [1.54, 1.807) is 18.3 Å². The number of thiophene rings is 1. The van der Waals surface area contributed by atoms with Crippen molar-refractivity contribution in [3.8, 4) is 0 Å². The second-order valence-corrected chi connectivity index (χ2v) is 7.25. The van der Waals surface area contributed by atoms with Crippen molar-refractivity contribution >= 4 is 41.3 Å². The number of hydrogen-bond donors (Lipinski definition) is 3. The number of nitrogens with zero attached hydrogens (tertiary/aromatic N) is 1. The van der Waals surface area contributed by atoms with Gasteiger partial charge in [-0.1, -0.05) is 0 Å². The van der Waals surface area contributed by atoms with E-state index >= 15 is 0 Å². The van der Waals surface area contributed by atoms with Gasteiger partial charge in [0.2, 0.25) is 0 Å². The first-order chi connectivity index (χ1) is 12.1. The lowest BCUT2D eigenvalue weighted by Crippen LogP contribution is -2.39. The van der Waals surface area contributed by atoms with Crippen LogP contribution in [0.4, 0.5) is 0 Å². The number of hydrogen-bond acceptors (Lipinski definition) is 5. The van der Waals surface area contributed by atoms with Crippen LogP contribution in [-0.2, 0) is 15.1 Å². The molecule has 1 saturated heterocycles. The molecule has 0 spiro atoms. The minimum atomic E-state index is -0.952. The third-order valence-corrected chi connectivity index (χ3v) is 4.80. The molecule has 1 aliphatic rings. The Bertz CT molecular complexity index is 506. The lowest BCUT2D eigenvalue weighted by molar-refractivity contribution is 0.0168. The van der Waals surface area contributed by atoms with Crippen LogP contribution in [0, 0.1) is 0 Å². The summed E-state index contributed by atoms with van der Waals surface area (Å²) in [4.78, 5) is 4.51. The fourth-order valence-electron chi connectivity index (χ4n) is 2.61. The van der Waals surface area contributed by atoms with Gasteiger partial charge in [-0.05, 0) is 55.5 Å². The summed E-state index contributed by atoms with van der Waals surface area (Å²) in [6.07, 6.45) is 3.44. The van der Waals surface area contributed by atoms with Gasteiger partial charge in [0.05, 0.1) is 19.3 Å². The summed E-state index contributed by atoms with van der Waals surface area (Å²) in [6, 6.07) is 1.94. The molecule has 26 heavy (non-hydrogen) atoms. The number of nitrogens with one attached hydrogen (secondary N) is 2. The monoisotopic (exact) mass is 497 g/mol. The van der Waals surface area contributed by atoms with Crippen molar-refractivity contribution < 1.29 is 14.6 Å². The quantitative estimate of drug-likeness (QED) is 0.201. The van der Waals surface area contributed by atoms with Gasteiger partial charge in [0, 0.05) is 26.3 Å². The molecule has 0 saturated carbocycles. The van der Waals surface area contributed by atoms with Crippen molar-refractivity contribution in [1.82, 2.24) is 10.6 Å². The first kappa shape index (κ1) is 23.6. The number of guanidine groups is 1. The highest BCUT2D eigenvalue weighted by molar-refractivity contribution is 14.0. The molecule has 6 nitrogen and oxygen atoms in total. The van der Waals surface area contributed by atoms with Gasteiger partial charge in [0.25, 0.3) is 0 Å². The van der Waals surface area contributed by atoms with E-state index in [1.165, 1.54) is 0 Å². The Morgan fingerprint density at radius 3 is 3.00 bits per heavy atom. The third-order valence-electron chi connectivity index (χ3n) is 4.12. The maximum atomic E-state index is 10.5. The molecule has 1 aromatic rings. The Morgan fingerprint density at radius 1 is 1.50 bits per heavy atom. The van der Waals surface area contributed by atoms with Crippen LogP contribution in [0.2, 0.25) is 0 Å². The lowest BCUT2D eigenvalue weighted by Gasteiger charge is -2.21. The summed E-state index contributed by atoms with van der Waals surface area (Å²) in [5.41, 5.74) is -0.0492. The minimum Gasteiger partial charge on any atom is -0.383 e. The maximum absolute atomic E-state index is 10.5. The summed E-state index contributed by atoms with van der Waals surface area (Å²) < 4.78 is 11.2. The molecule has 0 radical (unpaired) electrons. The number of aliphatic hydroxyl groups is 1. The van der Waals surface area contributed by atoms with Gasteiger partial charge in [-0.25, -0.2) is 4.99 Å². The highest BCUT2D eigenvalue weighted by Gasteiger charge is 2.23. The predicted molar refractivity (Wildman–Crippen MR) is 118 cm³/mol. The summed E-state index contributed by atoms with van der Waals surface area (Å²) in [5.74, 6) is 0.720. The largest absolute Gasteiger partial charge is 0.383 e. The number of halogens is 1. The lowest BCUT2D eigenvalue weighted by atomic mass is 10.00. The van der Waals surface area contributed by atoms with E-state index in [0.29, 0.717) is 19.8 Å². The molecule has 0 aliphatic carbocycles. The smallest absolute Gasteiger partial charge is 0.191 e. The van der Waals surface area contributed by atoms with Gasteiger partial charge in [0.15, 0.2) is 5.96 Å². The van der Waals surface area contributed by atoms with Crippen molar-refractivity contribution in [3.05, 3.63) is 22.4 Å². The predicted octanol–water partition coefficient (Wildman–Crippen LogP) is 2.71. The van der Waals surface area contributed by atoms with E-state index in [0.717, 1.165) is 50.5 Å². The summed E-state index contributed by atoms with van der Waals surface area (Å²) in [7, 11) is 0. The Morgan fingerprint density at radius 2 is 2.35 bits per heavy atom. The Balaban J connectivity index is 0.00000338. The molecule has 1 fully saturated rings. The molecular formula is C18H32IN3O3S. The normalized spacial score (nSPS) is 19.7. The molecule has 8 heteroatoms. The van der Waals surface area contributed by atoms with Gasteiger partial charge in [0.1, 0.15) is 5.60 Å². The summed E-state index contributed by atoms with van der Waals surface area (Å²) in [5, 5.41) is 21.0. The second kappa shape index (κ2) is 12.9. The molecule has 2 heterocycles. The summed E-state index contributed by atoms with van der Waals surface area (Å²) in [6.45, 7) is 7.96. The first-order valence-corrected chi connectivity index (χ1v) is 10.0. The first-order valence-electron chi connectivity index (χ1n) is 9.08. The topological polar surface area (TPSA) is 75.1 Å². The minimum absolute atomic E-state index is 0. The van der Waals surface area contributed by atoms with Gasteiger partial charge >= 0.3 is 0 Å². The molecule has 0 bridgehead atoms. The molecule has 1 aromatic heterocycles. The van der Waals surface area contributed by atoms with Gasteiger partial charge in [-0.15, -0.1) is 24.0 Å². The van der Waals surface area contributed by atoms with Gasteiger partial charge < -0.3 is 25.2 Å². The van der Waals surface area contributed by atoms with Gasteiger partial charge in [-0.2, -0.15) is 11.3 Å². The fraction of sp³-hybridized carbons (Fsp3) is 0.722. The Kier molecular flexibility index (Phi) is 11.7. The fourth-order valence-corrected chi connectivity index (χ4v) is 3.39. The molecule has 0 aromatic carbocycles. The summed E-state index contributed by atoms with van der Waals surface area (Å²) >= 11 is 1.58. The molecule has 2 atom stereocenters. The molecule has 2 rings (SSSR count). The molecule has 3 N–H and O–H groups in total. The molecule has 2 unspecified atom stereocenters. The van der Waals surface area contributed by atoms with Crippen molar-refractivity contribution in [2.75, 3.05) is 39.5 Å². The van der Waals surface area contributed by atoms with Crippen LogP contribution < -0.4 is 10.6 Å². The van der Waals surface area contributed by atoms with Crippen LogP contribution in [0.1, 0.15) is 38.7 Å². The molecule has 1 aliphatic heterocycles. The van der Waals surface area contributed by atoms with Crippen molar-refractivity contribution in [3.63, 3.8) is 0 Å². The van der Waals surface area contributed by atoms with Gasteiger partial charge in [-0.3, -0.25) is 0 Å². The highest BCUT2D eigenvalue weighted by atomic mass is 127. The van der Waals surface area contributed by atoms with Crippen LogP contribution in [0.3, 0.4) is 0 Å². The van der Waals surface area contributed by atoms with E-state index in [2.05, 4.69) is 15.6 Å². The zero-order valence-electron chi connectivity index (χ0n) is 15.7. The molecule has 0 amide bonds. The van der Waals surface area contributed by atoms with Crippen LogP contribution >= 0.6 is 35.3 Å². The standard InChI is InChI=1S/C18H31N3O3S.HI/c1-3-19-17(21-14-18(2,22)15-7-11-25-13-15)20-8-5-9-23-12-16-6-4-10-24-16;/h7,11,13,16,22H,3-6,8-10,12,14H2,1-2H3,(H2,19,20,21);1H. The van der Waals surface area contributed by atoms with Crippen LogP contribution in [-0.4, -0.2) is 56.6 Å². The Labute approximate surface area is 177 Å². The van der Waals surface area contributed by atoms with Crippen molar-refractivity contribution in [2.24, 2.45) is 4.99 Å². The molecule has 150 valence electrons. The number of aliphatic imine (C=N–C) groups is 1. The molecular weight excluding hydrogens is 465 g/mol. The maximum Gasteiger partial charge on any atom is 0.191 e. The second-order valence-electron chi connectivity index (χ2n) is 6.47. The number of rotatable bonds is 10. The van der Waals surface area contributed by atoms with Crippen LogP contribution in [0.5, 0.6) is 0 Å². The zero-order chi connectivity index (χ0) is 18.0. The van der Waals surface area contributed by atoms with E-state index in [9.17, 15) is 5.11 Å². The van der Waals surface area contributed by atoms with E-state index in [4.69, 9.17) is 9.47 Å². The van der Waals surface area contributed by atoms with E-state index in [1.807, 2.05) is 23.8 Å². The average molecular weight is 497 g/mol. The third kappa shape index (κ3) is 8.51. The average Bonchev–Trinajstić information content (AvgIpc) is 3.29. The van der Waals surface area contributed by atoms with Crippen LogP contribution in [0.15, 0.2) is 21.8 Å². The van der Waals surface area contributed by atoms with E-state index < -0.39 is 5.60 Å². The van der Waals surface area contributed by atoms with Crippen molar-refractivity contribution in [2.45, 2.75) is 44.8 Å².